The molecule has 0 bridgehead atoms. The van der Waals surface area contributed by atoms with Gasteiger partial charge in [0, 0.05) is 56.9 Å². The van der Waals surface area contributed by atoms with E-state index in [2.05, 4.69) is 36.5 Å². The Balaban J connectivity index is 1.15. The standard InChI is InChI=1S/C34H44BN3O7Si/c1-33(2)34(3,4)45-35(44-33)25-14-16-29(36-21-25)43-18-9-8-11-24-12-10-13-26-27(24)22-37(31(26)40)28-15-17-30(39)38(32(28)41)23-42-19-20-46(5,6)7/h10,12-14,16,21,28H,9,15,17-20,22-23H2,1-7H3. The summed E-state index contributed by atoms with van der Waals surface area (Å²) in [7, 11) is -1.78. The van der Waals surface area contributed by atoms with E-state index in [1.54, 1.807) is 29.3 Å². The van der Waals surface area contributed by atoms with Gasteiger partial charge in [-0.25, -0.2) is 4.98 Å². The summed E-state index contributed by atoms with van der Waals surface area (Å²) in [6.45, 7) is 15.8. The Morgan fingerprint density at radius 2 is 1.78 bits per heavy atom. The van der Waals surface area contributed by atoms with Gasteiger partial charge in [-0.2, -0.15) is 0 Å². The van der Waals surface area contributed by atoms with E-state index >= 15 is 0 Å². The summed E-state index contributed by atoms with van der Waals surface area (Å²) in [5.74, 6) is 5.94. The van der Waals surface area contributed by atoms with Gasteiger partial charge < -0.3 is 23.7 Å². The molecule has 2 aromatic rings. The molecule has 46 heavy (non-hydrogen) atoms. The van der Waals surface area contributed by atoms with Crippen molar-refractivity contribution in [2.75, 3.05) is 19.9 Å². The number of carbonyl (C=O) groups is 3. The number of benzene rings is 1. The van der Waals surface area contributed by atoms with Crippen molar-refractivity contribution < 1.29 is 33.2 Å². The van der Waals surface area contributed by atoms with Crippen molar-refractivity contribution in [3.8, 4) is 17.7 Å². The zero-order chi connectivity index (χ0) is 33.3. The van der Waals surface area contributed by atoms with Crippen LogP contribution >= 0.6 is 0 Å². The molecule has 1 atom stereocenters. The van der Waals surface area contributed by atoms with Crippen LogP contribution in [0.5, 0.6) is 5.88 Å². The first-order valence-electron chi connectivity index (χ1n) is 15.9. The molecule has 0 spiro atoms. The third-order valence-electron chi connectivity index (χ3n) is 9.06. The Bertz CT molecular complexity index is 1530. The normalized spacial score (nSPS) is 20.5. The van der Waals surface area contributed by atoms with Gasteiger partial charge in [0.05, 0.1) is 11.2 Å². The van der Waals surface area contributed by atoms with E-state index in [1.807, 2.05) is 39.8 Å². The van der Waals surface area contributed by atoms with E-state index in [4.69, 9.17) is 18.8 Å². The van der Waals surface area contributed by atoms with Gasteiger partial charge in [0.15, 0.2) is 0 Å². The maximum absolute atomic E-state index is 13.4. The molecular formula is C34H44BN3O7Si. The molecular weight excluding hydrogens is 601 g/mol. The SMILES string of the molecule is CC1(C)OB(c2ccc(OCCC#Cc3cccc4c3CN(C3CCC(=O)N(COCC[Si](C)(C)C)C3=O)C4=O)nc2)OC1(C)C. The number of ether oxygens (including phenoxy) is 2. The van der Waals surface area contributed by atoms with Gasteiger partial charge in [-0.3, -0.25) is 19.3 Å². The molecule has 1 unspecified atom stereocenters. The summed E-state index contributed by atoms with van der Waals surface area (Å²) in [5, 5.41) is 0. The number of amides is 3. The summed E-state index contributed by atoms with van der Waals surface area (Å²) in [6, 6.07) is 9.35. The van der Waals surface area contributed by atoms with Crippen LogP contribution in [0.2, 0.25) is 25.7 Å². The molecule has 5 rings (SSSR count). The van der Waals surface area contributed by atoms with E-state index in [0.717, 1.165) is 27.5 Å². The van der Waals surface area contributed by atoms with Crippen LogP contribution in [0.25, 0.3) is 0 Å². The molecule has 1 aromatic heterocycles. The average Bonchev–Trinajstić information content (AvgIpc) is 3.43. The Labute approximate surface area is 273 Å². The number of likely N-dealkylation sites (tertiary alicyclic amines) is 1. The van der Waals surface area contributed by atoms with Gasteiger partial charge >= 0.3 is 7.12 Å². The summed E-state index contributed by atoms with van der Waals surface area (Å²) >= 11 is 0. The zero-order valence-electron chi connectivity index (χ0n) is 28.0. The van der Waals surface area contributed by atoms with Gasteiger partial charge in [-0.05, 0) is 63.9 Å². The number of hydrogen-bond donors (Lipinski definition) is 0. The van der Waals surface area contributed by atoms with Crippen molar-refractivity contribution in [1.82, 2.24) is 14.8 Å². The summed E-state index contributed by atoms with van der Waals surface area (Å²) in [6.07, 6.45) is 2.65. The maximum atomic E-state index is 13.4. The van der Waals surface area contributed by atoms with E-state index in [1.165, 1.54) is 0 Å². The van der Waals surface area contributed by atoms with Crippen LogP contribution in [-0.2, 0) is 30.2 Å². The molecule has 2 fully saturated rings. The first-order chi connectivity index (χ1) is 21.7. The van der Waals surface area contributed by atoms with E-state index in [9.17, 15) is 14.4 Å². The maximum Gasteiger partial charge on any atom is 0.496 e. The van der Waals surface area contributed by atoms with Crippen LogP contribution in [0, 0.1) is 11.8 Å². The fourth-order valence-corrected chi connectivity index (χ4v) is 6.22. The van der Waals surface area contributed by atoms with Gasteiger partial charge in [0.1, 0.15) is 19.4 Å². The number of pyridine rings is 1. The van der Waals surface area contributed by atoms with Crippen molar-refractivity contribution in [3.63, 3.8) is 0 Å². The lowest BCUT2D eigenvalue weighted by Crippen LogP contribution is -2.55. The number of hydrogen-bond acceptors (Lipinski definition) is 8. The van der Waals surface area contributed by atoms with Crippen molar-refractivity contribution in [3.05, 3.63) is 53.2 Å². The molecule has 0 radical (unpaired) electrons. The highest BCUT2D eigenvalue weighted by molar-refractivity contribution is 6.76. The second kappa shape index (κ2) is 13.3. The highest BCUT2D eigenvalue weighted by Crippen LogP contribution is 2.36. The minimum atomic E-state index is -1.30. The number of fused-ring (bicyclic) bond motifs is 1. The van der Waals surface area contributed by atoms with Gasteiger partial charge in [-0.15, -0.1) is 0 Å². The molecule has 3 amide bonds. The van der Waals surface area contributed by atoms with Crippen LogP contribution in [0.15, 0.2) is 36.5 Å². The number of nitrogens with zero attached hydrogens (tertiary/aromatic N) is 3. The quantitative estimate of drug-likeness (QED) is 0.165. The van der Waals surface area contributed by atoms with Crippen LogP contribution in [0.3, 0.4) is 0 Å². The van der Waals surface area contributed by atoms with Gasteiger partial charge in [0.2, 0.25) is 11.8 Å². The predicted molar refractivity (Wildman–Crippen MR) is 177 cm³/mol. The molecule has 244 valence electrons. The average molecular weight is 646 g/mol. The minimum Gasteiger partial charge on any atom is -0.477 e. The summed E-state index contributed by atoms with van der Waals surface area (Å²) in [4.78, 5) is 46.5. The molecule has 0 saturated carbocycles. The monoisotopic (exact) mass is 645 g/mol. The van der Waals surface area contributed by atoms with Gasteiger partial charge in [0.25, 0.3) is 11.8 Å². The lowest BCUT2D eigenvalue weighted by atomic mass is 9.80. The molecule has 0 N–H and O–H groups in total. The highest BCUT2D eigenvalue weighted by Gasteiger charge is 2.52. The minimum absolute atomic E-state index is 0.0773. The topological polar surface area (TPSA) is 108 Å². The predicted octanol–water partition coefficient (Wildman–Crippen LogP) is 3.99. The summed E-state index contributed by atoms with van der Waals surface area (Å²) in [5.41, 5.74) is 2.05. The number of carbonyl (C=O) groups excluding carboxylic acids is 3. The lowest BCUT2D eigenvalue weighted by Gasteiger charge is -2.35. The van der Waals surface area contributed by atoms with Crippen LogP contribution < -0.4 is 10.2 Å². The molecule has 1 aromatic carbocycles. The Morgan fingerprint density at radius 3 is 2.46 bits per heavy atom. The molecule has 4 heterocycles. The third kappa shape index (κ3) is 7.39. The first-order valence-corrected chi connectivity index (χ1v) is 19.7. The second-order valence-corrected chi connectivity index (χ2v) is 19.9. The molecule has 3 aliphatic heterocycles. The van der Waals surface area contributed by atoms with Crippen LogP contribution in [0.4, 0.5) is 0 Å². The van der Waals surface area contributed by atoms with E-state index < -0.39 is 32.4 Å². The Kier molecular flexibility index (Phi) is 9.80. The highest BCUT2D eigenvalue weighted by atomic mass is 28.3. The largest absolute Gasteiger partial charge is 0.496 e. The van der Waals surface area contributed by atoms with Crippen molar-refractivity contribution in [2.24, 2.45) is 0 Å². The van der Waals surface area contributed by atoms with Gasteiger partial charge in [-0.1, -0.05) is 43.6 Å². The van der Waals surface area contributed by atoms with Crippen LogP contribution in [-0.4, -0.2) is 84.9 Å². The smallest absolute Gasteiger partial charge is 0.477 e. The Morgan fingerprint density at radius 1 is 1.04 bits per heavy atom. The number of piperidine rings is 1. The molecule has 2 saturated heterocycles. The van der Waals surface area contributed by atoms with Crippen LogP contribution in [0.1, 0.15) is 68.4 Å². The number of aromatic nitrogens is 1. The molecule has 12 heteroatoms. The zero-order valence-corrected chi connectivity index (χ0v) is 29.0. The molecule has 0 aliphatic carbocycles. The fraction of sp³-hybridized carbons (Fsp3) is 0.529. The second-order valence-electron chi connectivity index (χ2n) is 14.2. The van der Waals surface area contributed by atoms with E-state index in [-0.39, 0.29) is 37.4 Å². The third-order valence-corrected chi connectivity index (χ3v) is 10.8. The molecule has 3 aliphatic rings. The lowest BCUT2D eigenvalue weighted by molar-refractivity contribution is -0.158. The molecule has 10 nitrogen and oxygen atoms in total. The van der Waals surface area contributed by atoms with Crippen molar-refractivity contribution in [2.45, 2.75) is 96.4 Å². The fourth-order valence-electron chi connectivity index (χ4n) is 5.46. The van der Waals surface area contributed by atoms with Crippen molar-refractivity contribution in [1.29, 1.82) is 0 Å². The first kappa shape index (κ1) is 33.9. The number of rotatable bonds is 10. The summed E-state index contributed by atoms with van der Waals surface area (Å²) < 4.78 is 23.7. The number of imide groups is 1. The Hall–Kier alpha value is -3.50. The van der Waals surface area contributed by atoms with Crippen molar-refractivity contribution >= 4 is 38.4 Å². The van der Waals surface area contributed by atoms with E-state index in [0.29, 0.717) is 37.5 Å².